The maximum absolute atomic E-state index is 6.27. The molecule has 1 aliphatic heterocycles. The average Bonchev–Trinajstić information content (AvgIpc) is 2.59. The van der Waals surface area contributed by atoms with Crippen molar-refractivity contribution in [2.75, 3.05) is 23.7 Å². The molecule has 1 fully saturated rings. The fourth-order valence-corrected chi connectivity index (χ4v) is 3.61. The monoisotopic (exact) mass is 327 g/mol. The number of nitrogens with one attached hydrogen (secondary N) is 1. The summed E-state index contributed by atoms with van der Waals surface area (Å²) in [5.74, 6) is 2.20. The summed E-state index contributed by atoms with van der Waals surface area (Å²) in [7, 11) is 0. The van der Waals surface area contributed by atoms with E-state index < -0.39 is 0 Å². The van der Waals surface area contributed by atoms with Crippen molar-refractivity contribution in [2.24, 2.45) is 0 Å². The number of pyridine rings is 1. The number of nitrogens with zero attached hydrogens (tertiary/aromatic N) is 2. The zero-order valence-corrected chi connectivity index (χ0v) is 15.0. The maximum Gasteiger partial charge on any atom is 0.128 e. The molecular weight excluding hydrogens is 302 g/mol. The number of rotatable bonds is 4. The number of thioether (sulfide) groups is 1. The Hall–Kier alpha value is -0.450. The average molecular weight is 328 g/mol. The van der Waals surface area contributed by atoms with Crippen LogP contribution in [0.4, 0.5) is 5.82 Å². The fraction of sp³-hybridized carbons (Fsp3) is 0.688. The van der Waals surface area contributed by atoms with Gasteiger partial charge in [-0.25, -0.2) is 4.98 Å². The van der Waals surface area contributed by atoms with Crippen LogP contribution in [0.25, 0.3) is 0 Å². The molecule has 118 valence electrons. The zero-order chi connectivity index (χ0) is 15.5. The van der Waals surface area contributed by atoms with Gasteiger partial charge in [-0.1, -0.05) is 39.3 Å². The molecule has 0 spiro atoms. The quantitative estimate of drug-likeness (QED) is 0.906. The van der Waals surface area contributed by atoms with E-state index in [1.54, 1.807) is 6.20 Å². The molecule has 21 heavy (non-hydrogen) atoms. The normalized spacial score (nSPS) is 18.9. The van der Waals surface area contributed by atoms with Crippen molar-refractivity contribution in [2.45, 2.75) is 51.4 Å². The van der Waals surface area contributed by atoms with Crippen LogP contribution in [0.3, 0.4) is 0 Å². The van der Waals surface area contributed by atoms with Crippen LogP contribution in [-0.2, 0) is 6.54 Å². The Morgan fingerprint density at radius 1 is 1.43 bits per heavy atom. The van der Waals surface area contributed by atoms with Crippen molar-refractivity contribution in [3.8, 4) is 0 Å². The molecule has 1 saturated heterocycles. The molecule has 0 amide bonds. The van der Waals surface area contributed by atoms with Gasteiger partial charge in [0.05, 0.1) is 5.02 Å². The Balaban J connectivity index is 2.10. The summed E-state index contributed by atoms with van der Waals surface area (Å²) in [5.41, 5.74) is 1.13. The van der Waals surface area contributed by atoms with Crippen molar-refractivity contribution in [3.63, 3.8) is 0 Å². The van der Waals surface area contributed by atoms with E-state index in [1.807, 2.05) is 0 Å². The van der Waals surface area contributed by atoms with Gasteiger partial charge in [-0.15, -0.1) is 0 Å². The number of halogens is 1. The summed E-state index contributed by atoms with van der Waals surface area (Å²) in [4.78, 5) is 6.92. The summed E-state index contributed by atoms with van der Waals surface area (Å²) in [6.45, 7) is 11.8. The predicted octanol–water partition coefficient (Wildman–Crippen LogP) is 3.95. The second-order valence-corrected chi connectivity index (χ2v) is 8.72. The summed E-state index contributed by atoms with van der Waals surface area (Å²) in [6, 6.07) is 2.59. The van der Waals surface area contributed by atoms with Gasteiger partial charge in [0.2, 0.25) is 0 Å². The highest BCUT2D eigenvalue weighted by Crippen LogP contribution is 2.32. The van der Waals surface area contributed by atoms with Gasteiger partial charge in [-0.05, 0) is 18.1 Å². The van der Waals surface area contributed by atoms with Crippen molar-refractivity contribution >= 4 is 29.2 Å². The fourth-order valence-electron chi connectivity index (χ4n) is 2.34. The lowest BCUT2D eigenvalue weighted by Crippen LogP contribution is -2.28. The van der Waals surface area contributed by atoms with Crippen LogP contribution in [0.15, 0.2) is 12.3 Å². The van der Waals surface area contributed by atoms with E-state index in [9.17, 15) is 0 Å². The van der Waals surface area contributed by atoms with Crippen LogP contribution >= 0.6 is 23.4 Å². The van der Waals surface area contributed by atoms with Crippen molar-refractivity contribution in [1.29, 1.82) is 0 Å². The van der Waals surface area contributed by atoms with E-state index in [4.69, 9.17) is 11.6 Å². The predicted molar refractivity (Wildman–Crippen MR) is 94.6 cm³/mol. The second kappa shape index (κ2) is 7.21. The standard InChI is InChI=1S/C16H26ClN3S/c1-12(2)18-10-13-9-15(19-11-14(13)17)20-6-5-16(3,4)21-8-7-20/h9,11-12,18H,5-8,10H2,1-4H3. The third-order valence-electron chi connectivity index (χ3n) is 3.78. The Bertz CT molecular complexity index is 477. The summed E-state index contributed by atoms with van der Waals surface area (Å²) in [6.07, 6.45) is 2.97. The highest BCUT2D eigenvalue weighted by atomic mass is 35.5. The molecule has 0 bridgehead atoms. The van der Waals surface area contributed by atoms with Crippen LogP contribution in [0.5, 0.6) is 0 Å². The van der Waals surface area contributed by atoms with Gasteiger partial charge >= 0.3 is 0 Å². The van der Waals surface area contributed by atoms with E-state index in [0.717, 1.165) is 41.8 Å². The first-order chi connectivity index (χ1) is 9.87. The van der Waals surface area contributed by atoms with E-state index >= 15 is 0 Å². The van der Waals surface area contributed by atoms with Crippen LogP contribution in [-0.4, -0.2) is 34.6 Å². The minimum atomic E-state index is 0.364. The minimum Gasteiger partial charge on any atom is -0.356 e. The topological polar surface area (TPSA) is 28.2 Å². The van der Waals surface area contributed by atoms with Crippen molar-refractivity contribution in [3.05, 3.63) is 22.8 Å². The van der Waals surface area contributed by atoms with E-state index in [2.05, 4.69) is 60.7 Å². The van der Waals surface area contributed by atoms with E-state index in [1.165, 1.54) is 6.42 Å². The molecule has 1 N–H and O–H groups in total. The molecule has 1 aromatic rings. The SMILES string of the molecule is CC(C)NCc1cc(N2CCSC(C)(C)CC2)ncc1Cl. The van der Waals surface area contributed by atoms with Gasteiger partial charge in [0.25, 0.3) is 0 Å². The molecule has 0 atom stereocenters. The number of hydrogen-bond acceptors (Lipinski definition) is 4. The molecular formula is C16H26ClN3S. The number of anilines is 1. The Kier molecular flexibility index (Phi) is 5.81. The minimum absolute atomic E-state index is 0.364. The third kappa shape index (κ3) is 5.04. The second-order valence-electron chi connectivity index (χ2n) is 6.51. The lowest BCUT2D eigenvalue weighted by molar-refractivity contribution is 0.588. The first kappa shape index (κ1) is 16.9. The van der Waals surface area contributed by atoms with Crippen LogP contribution in [0.2, 0.25) is 5.02 Å². The molecule has 1 aliphatic rings. The summed E-state index contributed by atoms with van der Waals surface area (Å²) >= 11 is 8.32. The molecule has 0 unspecified atom stereocenters. The molecule has 3 nitrogen and oxygen atoms in total. The third-order valence-corrected chi connectivity index (χ3v) is 5.50. The first-order valence-corrected chi connectivity index (χ1v) is 9.00. The smallest absolute Gasteiger partial charge is 0.128 e. The lowest BCUT2D eigenvalue weighted by atomic mass is 10.1. The highest BCUT2D eigenvalue weighted by Gasteiger charge is 2.24. The van der Waals surface area contributed by atoms with Crippen LogP contribution in [0.1, 0.15) is 39.7 Å². The van der Waals surface area contributed by atoms with E-state index in [0.29, 0.717) is 10.8 Å². The van der Waals surface area contributed by atoms with Gasteiger partial charge in [0, 0.05) is 42.4 Å². The van der Waals surface area contributed by atoms with Crippen LogP contribution < -0.4 is 10.2 Å². The Labute approximate surface area is 137 Å². The van der Waals surface area contributed by atoms with Gasteiger partial charge in [0.15, 0.2) is 0 Å². The molecule has 0 saturated carbocycles. The summed E-state index contributed by atoms with van der Waals surface area (Å²) in [5, 5.41) is 4.17. The first-order valence-electron chi connectivity index (χ1n) is 7.64. The van der Waals surface area contributed by atoms with Crippen molar-refractivity contribution in [1.82, 2.24) is 10.3 Å². The highest BCUT2D eigenvalue weighted by molar-refractivity contribution is 8.00. The molecule has 0 radical (unpaired) electrons. The van der Waals surface area contributed by atoms with Gasteiger partial charge < -0.3 is 10.2 Å². The Morgan fingerprint density at radius 3 is 2.90 bits per heavy atom. The van der Waals surface area contributed by atoms with E-state index in [-0.39, 0.29) is 0 Å². The van der Waals surface area contributed by atoms with Crippen LogP contribution in [0, 0.1) is 0 Å². The molecule has 0 aromatic carbocycles. The molecule has 2 heterocycles. The maximum atomic E-state index is 6.27. The zero-order valence-electron chi connectivity index (χ0n) is 13.4. The lowest BCUT2D eigenvalue weighted by Gasteiger charge is -2.24. The molecule has 2 rings (SSSR count). The molecule has 1 aromatic heterocycles. The summed E-state index contributed by atoms with van der Waals surface area (Å²) < 4.78 is 0.364. The van der Waals surface area contributed by atoms with Crippen molar-refractivity contribution < 1.29 is 0 Å². The molecule has 5 heteroatoms. The van der Waals surface area contributed by atoms with Gasteiger partial charge in [-0.2, -0.15) is 11.8 Å². The number of aromatic nitrogens is 1. The largest absolute Gasteiger partial charge is 0.356 e. The van der Waals surface area contributed by atoms with Gasteiger partial charge in [-0.3, -0.25) is 0 Å². The van der Waals surface area contributed by atoms with Gasteiger partial charge in [0.1, 0.15) is 5.82 Å². The Morgan fingerprint density at radius 2 is 2.19 bits per heavy atom. The number of hydrogen-bond donors (Lipinski definition) is 1. The molecule has 0 aliphatic carbocycles.